The average Bonchev–Trinajstić information content (AvgIpc) is 2.46. The largest absolute Gasteiger partial charge is 0.396 e. The summed E-state index contributed by atoms with van der Waals surface area (Å²) < 4.78 is 0.909. The summed E-state index contributed by atoms with van der Waals surface area (Å²) in [5.74, 6) is 2.12. The fourth-order valence-electron chi connectivity index (χ4n) is 2.68. The molecule has 1 aliphatic carbocycles. The van der Waals surface area contributed by atoms with Gasteiger partial charge in [0.05, 0.1) is 4.47 Å². The van der Waals surface area contributed by atoms with Crippen LogP contribution in [0.15, 0.2) is 16.9 Å². The van der Waals surface area contributed by atoms with E-state index in [9.17, 15) is 0 Å². The molecule has 1 heterocycles. The zero-order valence-electron chi connectivity index (χ0n) is 11.4. The monoisotopic (exact) mass is 327 g/mol. The van der Waals surface area contributed by atoms with Crippen molar-refractivity contribution in [1.82, 2.24) is 9.97 Å². The van der Waals surface area contributed by atoms with Crippen LogP contribution in [0.25, 0.3) is 0 Å². The lowest BCUT2D eigenvalue weighted by Gasteiger charge is -2.28. The standard InChI is InChI=1S/C14H22BrN3O/c1-18(14-16-8-13(15)9-17-14)7-6-11-2-4-12(10-19)5-3-11/h8-9,11-12,19H,2-7,10H2,1H3. The highest BCUT2D eigenvalue weighted by Crippen LogP contribution is 2.30. The summed E-state index contributed by atoms with van der Waals surface area (Å²) >= 11 is 3.34. The smallest absolute Gasteiger partial charge is 0.225 e. The van der Waals surface area contributed by atoms with Crippen LogP contribution in [0.3, 0.4) is 0 Å². The maximum absolute atomic E-state index is 9.14. The van der Waals surface area contributed by atoms with Gasteiger partial charge >= 0.3 is 0 Å². The van der Waals surface area contributed by atoms with E-state index < -0.39 is 0 Å². The highest BCUT2D eigenvalue weighted by molar-refractivity contribution is 9.10. The van der Waals surface area contributed by atoms with Crippen molar-refractivity contribution in [2.24, 2.45) is 11.8 Å². The first kappa shape index (κ1) is 14.7. The molecular formula is C14H22BrN3O. The van der Waals surface area contributed by atoms with Gasteiger partial charge in [0.25, 0.3) is 0 Å². The van der Waals surface area contributed by atoms with E-state index >= 15 is 0 Å². The quantitative estimate of drug-likeness (QED) is 0.903. The molecule has 0 bridgehead atoms. The number of aliphatic hydroxyl groups excluding tert-OH is 1. The molecule has 0 radical (unpaired) electrons. The summed E-state index contributed by atoms with van der Waals surface area (Å²) in [5, 5.41) is 9.14. The number of hydrogen-bond donors (Lipinski definition) is 1. The molecule has 106 valence electrons. The van der Waals surface area contributed by atoms with Crippen LogP contribution in [0.2, 0.25) is 0 Å². The zero-order valence-corrected chi connectivity index (χ0v) is 13.0. The SMILES string of the molecule is CN(CCC1CCC(CO)CC1)c1ncc(Br)cn1. The van der Waals surface area contributed by atoms with E-state index in [1.807, 2.05) is 7.05 Å². The summed E-state index contributed by atoms with van der Waals surface area (Å²) in [6, 6.07) is 0. The second kappa shape index (κ2) is 7.20. The second-order valence-corrected chi connectivity index (χ2v) is 6.40. The molecule has 1 aliphatic rings. The van der Waals surface area contributed by atoms with Crippen LogP contribution in [0, 0.1) is 11.8 Å². The first-order valence-corrected chi connectivity index (χ1v) is 7.78. The van der Waals surface area contributed by atoms with Crippen molar-refractivity contribution in [3.8, 4) is 0 Å². The molecule has 0 aliphatic heterocycles. The Labute approximate surface area is 123 Å². The summed E-state index contributed by atoms with van der Waals surface area (Å²) in [5.41, 5.74) is 0. The lowest BCUT2D eigenvalue weighted by Crippen LogP contribution is -2.25. The Balaban J connectivity index is 1.75. The molecule has 1 aromatic rings. The van der Waals surface area contributed by atoms with Crippen molar-refractivity contribution < 1.29 is 5.11 Å². The van der Waals surface area contributed by atoms with Crippen molar-refractivity contribution in [3.05, 3.63) is 16.9 Å². The Morgan fingerprint density at radius 3 is 2.37 bits per heavy atom. The van der Waals surface area contributed by atoms with Crippen molar-refractivity contribution in [3.63, 3.8) is 0 Å². The average molecular weight is 328 g/mol. The Bertz CT molecular complexity index is 377. The van der Waals surface area contributed by atoms with E-state index in [0.717, 1.165) is 22.9 Å². The third-order valence-corrected chi connectivity index (χ3v) is 4.45. The zero-order chi connectivity index (χ0) is 13.7. The Morgan fingerprint density at radius 2 is 1.79 bits per heavy atom. The molecule has 0 aromatic carbocycles. The molecule has 1 fully saturated rings. The number of nitrogens with zero attached hydrogens (tertiary/aromatic N) is 3. The van der Waals surface area contributed by atoms with Gasteiger partial charge in [0, 0.05) is 32.6 Å². The minimum Gasteiger partial charge on any atom is -0.396 e. The van der Waals surface area contributed by atoms with Gasteiger partial charge in [-0.15, -0.1) is 0 Å². The first-order valence-electron chi connectivity index (χ1n) is 6.98. The van der Waals surface area contributed by atoms with E-state index in [1.54, 1.807) is 12.4 Å². The van der Waals surface area contributed by atoms with Crippen molar-refractivity contribution >= 4 is 21.9 Å². The van der Waals surface area contributed by atoms with Gasteiger partial charge in [-0.2, -0.15) is 0 Å². The molecule has 1 N–H and O–H groups in total. The molecule has 4 nitrogen and oxygen atoms in total. The lowest BCUT2D eigenvalue weighted by molar-refractivity contribution is 0.165. The Hall–Kier alpha value is -0.680. The number of aromatic nitrogens is 2. The van der Waals surface area contributed by atoms with Crippen LogP contribution >= 0.6 is 15.9 Å². The van der Waals surface area contributed by atoms with Crippen LogP contribution in [-0.4, -0.2) is 35.3 Å². The molecule has 0 unspecified atom stereocenters. The maximum Gasteiger partial charge on any atom is 0.225 e. The van der Waals surface area contributed by atoms with E-state index in [-0.39, 0.29) is 0 Å². The molecule has 1 aromatic heterocycles. The molecule has 19 heavy (non-hydrogen) atoms. The molecule has 0 atom stereocenters. The number of anilines is 1. The fraction of sp³-hybridized carbons (Fsp3) is 0.714. The van der Waals surface area contributed by atoms with Gasteiger partial charge in [0.15, 0.2) is 0 Å². The predicted molar refractivity (Wildman–Crippen MR) is 80.2 cm³/mol. The lowest BCUT2D eigenvalue weighted by atomic mass is 9.81. The number of rotatable bonds is 5. The number of halogens is 1. The normalized spacial score (nSPS) is 23.3. The van der Waals surface area contributed by atoms with Crippen LogP contribution in [-0.2, 0) is 0 Å². The highest BCUT2D eigenvalue weighted by Gasteiger charge is 2.20. The van der Waals surface area contributed by atoms with Gasteiger partial charge in [-0.3, -0.25) is 0 Å². The van der Waals surface area contributed by atoms with Gasteiger partial charge in [0.1, 0.15) is 0 Å². The van der Waals surface area contributed by atoms with Crippen LogP contribution in [0.4, 0.5) is 5.95 Å². The van der Waals surface area contributed by atoms with Crippen LogP contribution in [0.5, 0.6) is 0 Å². The predicted octanol–water partition coefficient (Wildman–Crippen LogP) is 2.86. The van der Waals surface area contributed by atoms with E-state index in [1.165, 1.54) is 32.1 Å². The first-order chi connectivity index (χ1) is 9.19. The molecular weight excluding hydrogens is 306 g/mol. The van der Waals surface area contributed by atoms with Gasteiger partial charge < -0.3 is 10.0 Å². The number of aliphatic hydroxyl groups is 1. The topological polar surface area (TPSA) is 49.2 Å². The molecule has 0 spiro atoms. The molecule has 5 heteroatoms. The minimum absolute atomic E-state index is 0.360. The van der Waals surface area contributed by atoms with Crippen molar-refractivity contribution in [1.29, 1.82) is 0 Å². The third-order valence-electron chi connectivity index (χ3n) is 4.05. The molecule has 0 saturated heterocycles. The maximum atomic E-state index is 9.14. The summed E-state index contributed by atoms with van der Waals surface area (Å²) in [6.07, 6.45) is 9.62. The molecule has 2 rings (SSSR count). The Morgan fingerprint density at radius 1 is 1.21 bits per heavy atom. The van der Waals surface area contributed by atoms with Crippen LogP contribution < -0.4 is 4.90 Å². The fourth-order valence-corrected chi connectivity index (χ4v) is 2.89. The summed E-state index contributed by atoms with van der Waals surface area (Å²) in [4.78, 5) is 10.7. The molecule has 1 saturated carbocycles. The number of hydrogen-bond acceptors (Lipinski definition) is 4. The second-order valence-electron chi connectivity index (χ2n) is 5.48. The van der Waals surface area contributed by atoms with E-state index in [2.05, 4.69) is 30.8 Å². The third kappa shape index (κ3) is 4.42. The van der Waals surface area contributed by atoms with Crippen molar-refractivity contribution in [2.75, 3.05) is 25.1 Å². The molecule has 0 amide bonds. The van der Waals surface area contributed by atoms with E-state index in [4.69, 9.17) is 5.11 Å². The summed E-state index contributed by atoms with van der Waals surface area (Å²) in [6.45, 7) is 1.36. The van der Waals surface area contributed by atoms with Crippen molar-refractivity contribution in [2.45, 2.75) is 32.1 Å². The highest BCUT2D eigenvalue weighted by atomic mass is 79.9. The van der Waals surface area contributed by atoms with E-state index in [0.29, 0.717) is 12.5 Å². The van der Waals surface area contributed by atoms with Gasteiger partial charge in [-0.05, 0) is 47.0 Å². The van der Waals surface area contributed by atoms with Gasteiger partial charge in [-0.25, -0.2) is 9.97 Å². The Kier molecular flexibility index (Phi) is 5.58. The summed E-state index contributed by atoms with van der Waals surface area (Å²) in [7, 11) is 2.04. The van der Waals surface area contributed by atoms with Crippen LogP contribution in [0.1, 0.15) is 32.1 Å². The van der Waals surface area contributed by atoms with Gasteiger partial charge in [-0.1, -0.05) is 12.8 Å². The minimum atomic E-state index is 0.360. The van der Waals surface area contributed by atoms with Gasteiger partial charge in [0.2, 0.25) is 5.95 Å².